The van der Waals surface area contributed by atoms with Crippen LogP contribution in [0.1, 0.15) is 0 Å². The van der Waals surface area contributed by atoms with Gasteiger partial charge in [-0.25, -0.2) is 4.99 Å². The van der Waals surface area contributed by atoms with Crippen LogP contribution in [0.5, 0.6) is 0 Å². The molecule has 0 fully saturated rings. The fourth-order valence-electron chi connectivity index (χ4n) is 0.379. The maximum absolute atomic E-state index is 9.87. The Morgan fingerprint density at radius 1 is 1.78 bits per heavy atom. The lowest BCUT2D eigenvalue weighted by Gasteiger charge is -2.02. The SMILES string of the molecule is O=[N+]([O-])C1(O)C=NC=N1. The highest BCUT2D eigenvalue weighted by Gasteiger charge is 2.39. The lowest BCUT2D eigenvalue weighted by atomic mass is 10.5. The van der Waals surface area contributed by atoms with Gasteiger partial charge >= 0.3 is 5.85 Å². The zero-order chi connectivity index (χ0) is 6.91. The number of aliphatic imine (C=N–C) groups is 2. The standard InChI is InChI=1S/C3H3N3O3/c7-3(6(8)9)1-4-2-5-3/h1-2,7H. The maximum atomic E-state index is 9.87. The molecule has 1 heterocycles. The van der Waals surface area contributed by atoms with E-state index in [1.165, 1.54) is 0 Å². The first kappa shape index (κ1) is 5.83. The Labute approximate surface area is 49.7 Å². The first-order valence-corrected chi connectivity index (χ1v) is 2.10. The number of nitrogens with zero attached hydrogens (tertiary/aromatic N) is 3. The van der Waals surface area contributed by atoms with Crippen molar-refractivity contribution in [3.8, 4) is 0 Å². The molecule has 48 valence electrons. The Hall–Kier alpha value is -1.30. The van der Waals surface area contributed by atoms with Crippen molar-refractivity contribution < 1.29 is 10.0 Å². The predicted molar refractivity (Wildman–Crippen MR) is 28.9 cm³/mol. The molecule has 6 nitrogen and oxygen atoms in total. The van der Waals surface area contributed by atoms with Crippen LogP contribution in [0.15, 0.2) is 9.98 Å². The monoisotopic (exact) mass is 129 g/mol. The third kappa shape index (κ3) is 0.789. The Kier molecular flexibility index (Phi) is 1.03. The molecule has 0 saturated heterocycles. The molecule has 1 N–H and O–H groups in total. The van der Waals surface area contributed by atoms with Gasteiger partial charge in [-0.15, -0.1) is 0 Å². The van der Waals surface area contributed by atoms with Crippen molar-refractivity contribution in [1.29, 1.82) is 0 Å². The summed E-state index contributed by atoms with van der Waals surface area (Å²) in [4.78, 5) is 15.3. The highest BCUT2D eigenvalue weighted by Crippen LogP contribution is 2.06. The van der Waals surface area contributed by atoms with Gasteiger partial charge in [0.15, 0.2) is 0 Å². The molecule has 1 aliphatic heterocycles. The van der Waals surface area contributed by atoms with Crippen molar-refractivity contribution in [3.63, 3.8) is 0 Å². The highest BCUT2D eigenvalue weighted by atomic mass is 16.7. The molecule has 0 bridgehead atoms. The Morgan fingerprint density at radius 3 is 2.67 bits per heavy atom. The Morgan fingerprint density at radius 2 is 2.44 bits per heavy atom. The fourth-order valence-corrected chi connectivity index (χ4v) is 0.379. The Bertz CT molecular complexity index is 184. The summed E-state index contributed by atoms with van der Waals surface area (Å²) in [6.45, 7) is 0. The second-order valence-corrected chi connectivity index (χ2v) is 1.47. The minimum atomic E-state index is -2.31. The number of rotatable bonds is 1. The van der Waals surface area contributed by atoms with Crippen molar-refractivity contribution in [3.05, 3.63) is 10.1 Å². The molecule has 0 aliphatic carbocycles. The second-order valence-electron chi connectivity index (χ2n) is 1.47. The van der Waals surface area contributed by atoms with E-state index in [4.69, 9.17) is 5.11 Å². The van der Waals surface area contributed by atoms with E-state index in [-0.39, 0.29) is 0 Å². The van der Waals surface area contributed by atoms with E-state index >= 15 is 0 Å². The van der Waals surface area contributed by atoms with E-state index in [1.807, 2.05) is 0 Å². The van der Waals surface area contributed by atoms with Crippen LogP contribution >= 0.6 is 0 Å². The topological polar surface area (TPSA) is 88.1 Å². The average molecular weight is 129 g/mol. The van der Waals surface area contributed by atoms with Gasteiger partial charge < -0.3 is 5.11 Å². The van der Waals surface area contributed by atoms with E-state index in [9.17, 15) is 10.1 Å². The molecule has 0 amide bonds. The summed E-state index contributed by atoms with van der Waals surface area (Å²) in [5, 5.41) is 18.6. The minimum absolute atomic E-state index is 0.757. The number of hydrogen-bond acceptors (Lipinski definition) is 5. The van der Waals surface area contributed by atoms with Crippen molar-refractivity contribution in [2.24, 2.45) is 9.98 Å². The molecule has 0 spiro atoms. The minimum Gasteiger partial charge on any atom is -0.306 e. The van der Waals surface area contributed by atoms with E-state index in [2.05, 4.69) is 9.98 Å². The molecule has 0 saturated carbocycles. The lowest BCUT2D eigenvalue weighted by molar-refractivity contribution is -0.594. The van der Waals surface area contributed by atoms with Gasteiger partial charge in [-0.3, -0.25) is 10.1 Å². The largest absolute Gasteiger partial charge is 0.463 e. The molecule has 0 radical (unpaired) electrons. The summed E-state index contributed by atoms with van der Waals surface area (Å²) in [7, 11) is 0. The molecule has 1 unspecified atom stereocenters. The lowest BCUT2D eigenvalue weighted by Crippen LogP contribution is -2.35. The van der Waals surface area contributed by atoms with Gasteiger partial charge in [0.05, 0.1) is 4.92 Å². The van der Waals surface area contributed by atoms with Gasteiger partial charge in [-0.05, 0) is 0 Å². The molecule has 1 atom stereocenters. The summed E-state index contributed by atoms with van der Waals surface area (Å²) < 4.78 is 0. The smallest absolute Gasteiger partial charge is 0.306 e. The first-order chi connectivity index (χ1) is 4.15. The van der Waals surface area contributed by atoms with Crippen LogP contribution in [0.3, 0.4) is 0 Å². The van der Waals surface area contributed by atoms with Gasteiger partial charge in [-0.2, -0.15) is 4.99 Å². The average Bonchev–Trinajstić information content (AvgIpc) is 2.16. The fraction of sp³-hybridized carbons (Fsp3) is 0.333. The maximum Gasteiger partial charge on any atom is 0.463 e. The number of nitro groups is 1. The van der Waals surface area contributed by atoms with Crippen LogP contribution < -0.4 is 0 Å². The highest BCUT2D eigenvalue weighted by molar-refractivity contribution is 5.82. The van der Waals surface area contributed by atoms with Crippen LogP contribution in [0.2, 0.25) is 0 Å². The van der Waals surface area contributed by atoms with Crippen molar-refractivity contribution in [2.45, 2.75) is 5.85 Å². The summed E-state index contributed by atoms with van der Waals surface area (Å²) in [5.74, 6) is -2.31. The van der Waals surface area contributed by atoms with Crippen molar-refractivity contribution in [2.75, 3.05) is 0 Å². The van der Waals surface area contributed by atoms with E-state index in [1.54, 1.807) is 0 Å². The van der Waals surface area contributed by atoms with Crippen molar-refractivity contribution >= 4 is 12.6 Å². The normalized spacial score (nSPS) is 31.2. The molecule has 1 rings (SSSR count). The van der Waals surface area contributed by atoms with Crippen LogP contribution in [-0.2, 0) is 0 Å². The molecule has 0 aromatic carbocycles. The zero-order valence-corrected chi connectivity index (χ0v) is 4.26. The summed E-state index contributed by atoms with van der Waals surface area (Å²) in [6, 6.07) is 0. The molecule has 0 aromatic heterocycles. The van der Waals surface area contributed by atoms with Gasteiger partial charge in [0.1, 0.15) is 12.6 Å². The van der Waals surface area contributed by atoms with Gasteiger partial charge in [-0.1, -0.05) is 0 Å². The van der Waals surface area contributed by atoms with Crippen LogP contribution in [0.25, 0.3) is 0 Å². The molecule has 9 heavy (non-hydrogen) atoms. The third-order valence-corrected chi connectivity index (χ3v) is 0.831. The third-order valence-electron chi connectivity index (χ3n) is 0.831. The number of aliphatic hydroxyl groups is 1. The summed E-state index contributed by atoms with van der Waals surface area (Å²) in [6.07, 6.45) is 1.69. The molecule has 1 aliphatic rings. The molecule has 6 heteroatoms. The quantitative estimate of drug-likeness (QED) is 0.280. The van der Waals surface area contributed by atoms with Gasteiger partial charge in [0, 0.05) is 0 Å². The van der Waals surface area contributed by atoms with E-state index < -0.39 is 10.8 Å². The summed E-state index contributed by atoms with van der Waals surface area (Å²) >= 11 is 0. The zero-order valence-electron chi connectivity index (χ0n) is 4.26. The van der Waals surface area contributed by atoms with Gasteiger partial charge in [0.25, 0.3) is 0 Å². The van der Waals surface area contributed by atoms with E-state index in [0.717, 1.165) is 12.6 Å². The summed E-state index contributed by atoms with van der Waals surface area (Å²) in [5.41, 5.74) is 0. The number of hydrogen-bond donors (Lipinski definition) is 1. The van der Waals surface area contributed by atoms with Crippen molar-refractivity contribution in [1.82, 2.24) is 0 Å². The van der Waals surface area contributed by atoms with Crippen LogP contribution in [-0.4, -0.2) is 28.4 Å². The second kappa shape index (κ2) is 1.59. The van der Waals surface area contributed by atoms with Gasteiger partial charge in [0.2, 0.25) is 0 Å². The Balaban J connectivity index is 2.88. The molecular weight excluding hydrogens is 126 g/mol. The van der Waals surface area contributed by atoms with Crippen LogP contribution in [0.4, 0.5) is 0 Å². The predicted octanol–water partition coefficient (Wildman–Crippen LogP) is -0.978. The molecular formula is C3H3N3O3. The molecule has 0 aromatic rings. The van der Waals surface area contributed by atoms with Crippen LogP contribution in [0, 0.1) is 10.1 Å². The first-order valence-electron chi connectivity index (χ1n) is 2.10. The van der Waals surface area contributed by atoms with E-state index in [0.29, 0.717) is 0 Å².